The molecule has 1 saturated heterocycles. The van der Waals surface area contributed by atoms with Crippen LogP contribution in [0, 0.1) is 26.2 Å². The van der Waals surface area contributed by atoms with Crippen LogP contribution in [0.25, 0.3) is 5.00 Å². The average Bonchev–Trinajstić information content (AvgIpc) is 3.56. The molecule has 1 aromatic carbocycles. The van der Waals surface area contributed by atoms with E-state index in [4.69, 9.17) is 9.73 Å². The van der Waals surface area contributed by atoms with Crippen molar-refractivity contribution in [2.75, 3.05) is 26.8 Å². The summed E-state index contributed by atoms with van der Waals surface area (Å²) in [6.07, 6.45) is 7.47. The van der Waals surface area contributed by atoms with E-state index in [-0.39, 0.29) is 6.04 Å². The van der Waals surface area contributed by atoms with Gasteiger partial charge in [-0.1, -0.05) is 24.3 Å². The van der Waals surface area contributed by atoms with Crippen LogP contribution in [-0.2, 0) is 4.74 Å². The number of hydrogen-bond acceptors (Lipinski definition) is 6. The molecule has 0 bridgehead atoms. The summed E-state index contributed by atoms with van der Waals surface area (Å²) in [5, 5.41) is 13.8. The molecule has 4 heterocycles. The second-order valence-corrected chi connectivity index (χ2v) is 12.2. The molecule has 6 rings (SSSR count). The molecule has 1 spiro atoms. The lowest BCUT2D eigenvalue weighted by Crippen LogP contribution is -2.29. The fourth-order valence-electron chi connectivity index (χ4n) is 6.51. The number of methoxy groups -OCH3 is 1. The molecule has 36 heavy (non-hydrogen) atoms. The third-order valence-electron chi connectivity index (χ3n) is 8.87. The van der Waals surface area contributed by atoms with E-state index in [1.54, 1.807) is 7.11 Å². The van der Waals surface area contributed by atoms with E-state index >= 15 is 0 Å². The quantitative estimate of drug-likeness (QED) is 0.477. The molecule has 2 aromatic heterocycles. The molecule has 3 aromatic rings. The van der Waals surface area contributed by atoms with Gasteiger partial charge < -0.3 is 10.1 Å². The Bertz CT molecular complexity index is 1270. The van der Waals surface area contributed by atoms with Crippen molar-refractivity contribution in [2.45, 2.75) is 71.3 Å². The molecule has 0 radical (unpaired) electrons. The number of fused-ring (bicyclic) bond motifs is 3. The lowest BCUT2D eigenvalue weighted by Gasteiger charge is -2.37. The molecular weight excluding hydrogens is 466 g/mol. The molecule has 0 amide bonds. The molecule has 0 unspecified atom stereocenters. The normalized spacial score (nSPS) is 25.5. The van der Waals surface area contributed by atoms with Gasteiger partial charge in [0.15, 0.2) is 5.82 Å². The van der Waals surface area contributed by atoms with Crippen LogP contribution in [0.5, 0.6) is 0 Å². The van der Waals surface area contributed by atoms with E-state index in [2.05, 4.69) is 58.2 Å². The van der Waals surface area contributed by atoms with Crippen molar-refractivity contribution in [3.05, 3.63) is 63.0 Å². The van der Waals surface area contributed by atoms with Crippen LogP contribution in [-0.4, -0.2) is 47.3 Å². The Morgan fingerprint density at radius 2 is 1.86 bits per heavy atom. The molecule has 6 nitrogen and oxygen atoms in total. The van der Waals surface area contributed by atoms with Gasteiger partial charge in [0, 0.05) is 42.7 Å². The summed E-state index contributed by atoms with van der Waals surface area (Å²) in [7, 11) is 1.75. The van der Waals surface area contributed by atoms with Crippen molar-refractivity contribution in [1.82, 2.24) is 20.1 Å². The Balaban J connectivity index is 1.35. The first-order valence-corrected chi connectivity index (χ1v) is 14.2. The Morgan fingerprint density at radius 3 is 2.56 bits per heavy atom. The van der Waals surface area contributed by atoms with Gasteiger partial charge in [0.05, 0.1) is 5.71 Å². The Labute approximate surface area is 218 Å². The van der Waals surface area contributed by atoms with E-state index in [0.717, 1.165) is 23.8 Å². The molecule has 2 aliphatic heterocycles. The fraction of sp³-hybridized carbons (Fsp3) is 0.552. The summed E-state index contributed by atoms with van der Waals surface area (Å²) >= 11 is 1.82. The van der Waals surface area contributed by atoms with Crippen molar-refractivity contribution in [2.24, 2.45) is 10.4 Å². The second-order valence-electron chi connectivity index (χ2n) is 11.0. The van der Waals surface area contributed by atoms with E-state index < -0.39 is 0 Å². The maximum atomic E-state index is 5.44. The van der Waals surface area contributed by atoms with E-state index in [1.807, 2.05) is 18.3 Å². The van der Waals surface area contributed by atoms with Crippen LogP contribution in [0.4, 0.5) is 0 Å². The Morgan fingerprint density at radius 1 is 1.08 bits per heavy atom. The molecule has 7 heteroatoms. The number of aryl methyl sites for hydroxylation is 2. The Kier molecular flexibility index (Phi) is 6.34. The van der Waals surface area contributed by atoms with Crippen molar-refractivity contribution >= 4 is 17.0 Å². The van der Waals surface area contributed by atoms with Crippen LogP contribution in [0.2, 0.25) is 0 Å². The van der Waals surface area contributed by atoms with Gasteiger partial charge in [-0.3, -0.25) is 9.56 Å². The van der Waals surface area contributed by atoms with Gasteiger partial charge in [-0.05, 0) is 81.9 Å². The lowest BCUT2D eigenvalue weighted by atomic mass is 9.68. The summed E-state index contributed by atoms with van der Waals surface area (Å²) in [4.78, 5) is 6.67. The van der Waals surface area contributed by atoms with Gasteiger partial charge in [-0.15, -0.1) is 21.5 Å². The zero-order valence-corrected chi connectivity index (χ0v) is 22.7. The zero-order chi connectivity index (χ0) is 24.9. The van der Waals surface area contributed by atoms with Crippen LogP contribution < -0.4 is 5.32 Å². The SMILES string of the molecule is COCC[C@@H]1N=C(c2ccc(C3CCC4(CCNC4)CC3)cc2)c2c(sc(C)c2C)-n2c(C)nnc21. The van der Waals surface area contributed by atoms with Crippen molar-refractivity contribution in [3.8, 4) is 5.00 Å². The minimum absolute atomic E-state index is 0.0883. The molecule has 1 atom stereocenters. The van der Waals surface area contributed by atoms with Crippen molar-refractivity contribution in [1.29, 1.82) is 0 Å². The van der Waals surface area contributed by atoms with Gasteiger partial charge in [0.2, 0.25) is 0 Å². The van der Waals surface area contributed by atoms with E-state index in [0.29, 0.717) is 17.9 Å². The summed E-state index contributed by atoms with van der Waals surface area (Å²) in [6, 6.07) is 9.25. The smallest absolute Gasteiger partial charge is 0.163 e. The number of rotatable bonds is 5. The third kappa shape index (κ3) is 4.05. The molecule has 1 N–H and O–H groups in total. The Hall–Kier alpha value is -2.35. The number of benzene rings is 1. The van der Waals surface area contributed by atoms with Gasteiger partial charge in [0.1, 0.15) is 16.9 Å². The maximum Gasteiger partial charge on any atom is 0.163 e. The number of nitrogens with one attached hydrogen (secondary N) is 1. The molecule has 3 aliphatic rings. The molecule has 1 aliphatic carbocycles. The van der Waals surface area contributed by atoms with Gasteiger partial charge in [-0.2, -0.15) is 0 Å². The minimum atomic E-state index is -0.0883. The molecular formula is C29H37N5OS. The standard InChI is InChI=1S/C29H37N5OS/c1-18-19(2)36-28-25(18)26(31-24(11-16-35-4)27-33-32-20(3)34(27)28)23-7-5-21(6-8-23)22-9-12-29(13-10-22)14-15-30-17-29/h5-8,22,24,30H,9-17H2,1-4H3/t22?,24-,29?/m0/s1. The number of hydrogen-bond donors (Lipinski definition) is 1. The number of ether oxygens (including phenoxy) is 1. The van der Waals surface area contributed by atoms with Crippen LogP contribution in [0.15, 0.2) is 29.3 Å². The van der Waals surface area contributed by atoms with Crippen molar-refractivity contribution < 1.29 is 4.74 Å². The number of aliphatic imine (C=N–C) groups is 1. The topological polar surface area (TPSA) is 64.3 Å². The first kappa shape index (κ1) is 24.0. The van der Waals surface area contributed by atoms with Crippen LogP contribution in [0.1, 0.15) is 89.3 Å². The highest BCUT2D eigenvalue weighted by molar-refractivity contribution is 7.15. The number of nitrogens with zero attached hydrogens (tertiary/aromatic N) is 4. The number of aromatic nitrogens is 3. The van der Waals surface area contributed by atoms with Gasteiger partial charge in [0.25, 0.3) is 0 Å². The summed E-state index contributed by atoms with van der Waals surface area (Å²) in [5.74, 6) is 2.50. The largest absolute Gasteiger partial charge is 0.385 e. The average molecular weight is 504 g/mol. The van der Waals surface area contributed by atoms with Gasteiger partial charge >= 0.3 is 0 Å². The van der Waals surface area contributed by atoms with Crippen LogP contribution >= 0.6 is 11.3 Å². The monoisotopic (exact) mass is 503 g/mol. The first-order valence-electron chi connectivity index (χ1n) is 13.4. The first-order chi connectivity index (χ1) is 17.5. The third-order valence-corrected chi connectivity index (χ3v) is 10.1. The molecule has 1 saturated carbocycles. The number of thiophene rings is 1. The highest BCUT2D eigenvalue weighted by atomic mass is 32.1. The lowest BCUT2D eigenvalue weighted by molar-refractivity contribution is 0.187. The highest BCUT2D eigenvalue weighted by Crippen LogP contribution is 2.46. The fourth-order valence-corrected chi connectivity index (χ4v) is 7.72. The second kappa shape index (κ2) is 9.51. The predicted molar refractivity (Wildman–Crippen MR) is 146 cm³/mol. The summed E-state index contributed by atoms with van der Waals surface area (Å²) < 4.78 is 7.66. The van der Waals surface area contributed by atoms with Gasteiger partial charge in [-0.25, -0.2) is 0 Å². The van der Waals surface area contributed by atoms with Crippen LogP contribution in [0.3, 0.4) is 0 Å². The zero-order valence-electron chi connectivity index (χ0n) is 21.9. The van der Waals surface area contributed by atoms with E-state index in [9.17, 15) is 0 Å². The summed E-state index contributed by atoms with van der Waals surface area (Å²) in [6.45, 7) is 9.51. The molecule has 190 valence electrons. The highest BCUT2D eigenvalue weighted by Gasteiger charge is 2.38. The molecule has 2 fully saturated rings. The summed E-state index contributed by atoms with van der Waals surface area (Å²) in [5.41, 5.74) is 6.84. The van der Waals surface area contributed by atoms with E-state index in [1.165, 1.54) is 77.3 Å². The van der Waals surface area contributed by atoms with Crippen molar-refractivity contribution in [3.63, 3.8) is 0 Å². The minimum Gasteiger partial charge on any atom is -0.385 e. The predicted octanol–water partition coefficient (Wildman–Crippen LogP) is 5.82. The maximum absolute atomic E-state index is 5.44.